The first kappa shape index (κ1) is 16.4. The molecule has 2 heterocycles. The average molecular weight is 419 g/mol. The van der Waals surface area contributed by atoms with Crippen LogP contribution in [-0.4, -0.2) is 37.3 Å². The van der Waals surface area contributed by atoms with E-state index in [1.54, 1.807) is 30.6 Å². The molecule has 128 valence electrons. The second-order valence-electron chi connectivity index (χ2n) is 5.75. The first-order chi connectivity index (χ1) is 12.1. The third-order valence-corrected chi connectivity index (χ3v) is 5.62. The monoisotopic (exact) mass is 418 g/mol. The van der Waals surface area contributed by atoms with Gasteiger partial charge in [0, 0.05) is 4.47 Å². The Kier molecular flexibility index (Phi) is 4.35. The molecule has 1 aromatic heterocycles. The Hall–Kier alpha value is -2.12. The van der Waals surface area contributed by atoms with E-state index >= 15 is 0 Å². The molecule has 1 saturated heterocycles. The number of benzene rings is 2. The standard InChI is InChI=1S/C18H15BrN2O3S/c1-23-14-6-3-7-15-16(14)20-18(25-15)21-9-13(10-21)24-17(22)11-4-2-5-12(19)8-11/h2-8,13H,9-10H2,1H3. The largest absolute Gasteiger partial charge is 0.494 e. The molecular formula is C18H15BrN2O3S. The van der Waals surface area contributed by atoms with Gasteiger partial charge in [-0.25, -0.2) is 9.78 Å². The average Bonchev–Trinajstić information content (AvgIpc) is 3.00. The van der Waals surface area contributed by atoms with Gasteiger partial charge >= 0.3 is 5.97 Å². The maximum atomic E-state index is 12.2. The number of rotatable bonds is 4. The summed E-state index contributed by atoms with van der Waals surface area (Å²) in [5.74, 6) is 0.482. The second kappa shape index (κ2) is 6.65. The van der Waals surface area contributed by atoms with E-state index in [1.165, 1.54) is 0 Å². The maximum absolute atomic E-state index is 12.2. The molecule has 4 rings (SSSR count). The number of nitrogens with zero attached hydrogens (tertiary/aromatic N) is 2. The molecule has 1 fully saturated rings. The molecule has 3 aromatic rings. The van der Waals surface area contributed by atoms with Crippen LogP contribution in [0.5, 0.6) is 5.75 Å². The molecule has 0 atom stereocenters. The van der Waals surface area contributed by atoms with Gasteiger partial charge in [0.05, 0.1) is 30.5 Å². The van der Waals surface area contributed by atoms with Crippen molar-refractivity contribution in [2.45, 2.75) is 6.10 Å². The van der Waals surface area contributed by atoms with E-state index in [4.69, 9.17) is 9.47 Å². The number of thiazole rings is 1. The van der Waals surface area contributed by atoms with Crippen molar-refractivity contribution in [2.24, 2.45) is 0 Å². The van der Waals surface area contributed by atoms with Gasteiger partial charge in [0.15, 0.2) is 5.13 Å². The van der Waals surface area contributed by atoms with Crippen molar-refractivity contribution in [2.75, 3.05) is 25.1 Å². The zero-order valence-electron chi connectivity index (χ0n) is 13.4. The number of methoxy groups -OCH3 is 1. The Labute approximate surface area is 157 Å². The van der Waals surface area contributed by atoms with Crippen molar-refractivity contribution >= 4 is 48.6 Å². The van der Waals surface area contributed by atoms with Crippen LogP contribution in [0.3, 0.4) is 0 Å². The van der Waals surface area contributed by atoms with Gasteiger partial charge in [0.25, 0.3) is 0 Å². The maximum Gasteiger partial charge on any atom is 0.338 e. The highest BCUT2D eigenvalue weighted by Crippen LogP contribution is 2.36. The number of hydrogen-bond donors (Lipinski definition) is 0. The van der Waals surface area contributed by atoms with Crippen molar-refractivity contribution < 1.29 is 14.3 Å². The fraction of sp³-hybridized carbons (Fsp3) is 0.222. The zero-order chi connectivity index (χ0) is 17.4. The third-order valence-electron chi connectivity index (χ3n) is 4.04. The molecule has 1 aliphatic heterocycles. The smallest absolute Gasteiger partial charge is 0.338 e. The number of anilines is 1. The molecule has 5 nitrogen and oxygen atoms in total. The predicted molar refractivity (Wildman–Crippen MR) is 102 cm³/mol. The van der Waals surface area contributed by atoms with Crippen LogP contribution >= 0.6 is 27.3 Å². The molecule has 1 aliphatic rings. The highest BCUT2D eigenvalue weighted by Gasteiger charge is 2.32. The van der Waals surface area contributed by atoms with E-state index in [1.807, 2.05) is 30.3 Å². The minimum atomic E-state index is -0.295. The van der Waals surface area contributed by atoms with Crippen LogP contribution < -0.4 is 9.64 Å². The van der Waals surface area contributed by atoms with Gasteiger partial charge in [-0.1, -0.05) is 39.4 Å². The quantitative estimate of drug-likeness (QED) is 0.596. The lowest BCUT2D eigenvalue weighted by molar-refractivity contribution is 0.0234. The fourth-order valence-corrected chi connectivity index (χ4v) is 4.12. The van der Waals surface area contributed by atoms with Crippen LogP contribution in [0.25, 0.3) is 10.2 Å². The number of aromatic nitrogens is 1. The molecule has 25 heavy (non-hydrogen) atoms. The fourth-order valence-electron chi connectivity index (χ4n) is 2.72. The lowest BCUT2D eigenvalue weighted by Gasteiger charge is -2.38. The van der Waals surface area contributed by atoms with Gasteiger partial charge < -0.3 is 14.4 Å². The van der Waals surface area contributed by atoms with Gasteiger partial charge in [0.2, 0.25) is 0 Å². The van der Waals surface area contributed by atoms with E-state index < -0.39 is 0 Å². The van der Waals surface area contributed by atoms with Gasteiger partial charge in [-0.05, 0) is 30.3 Å². The van der Waals surface area contributed by atoms with Crippen molar-refractivity contribution in [1.82, 2.24) is 4.98 Å². The SMILES string of the molecule is COc1cccc2sc(N3CC(OC(=O)c4cccc(Br)c4)C3)nc12. The number of hydrogen-bond acceptors (Lipinski definition) is 6. The van der Waals surface area contributed by atoms with E-state index in [9.17, 15) is 4.79 Å². The summed E-state index contributed by atoms with van der Waals surface area (Å²) in [6, 6.07) is 13.1. The molecular weight excluding hydrogens is 404 g/mol. The van der Waals surface area contributed by atoms with Crippen LogP contribution in [0.2, 0.25) is 0 Å². The van der Waals surface area contributed by atoms with Crippen LogP contribution in [0, 0.1) is 0 Å². The number of carbonyl (C=O) groups excluding carboxylic acids is 1. The van der Waals surface area contributed by atoms with Crippen molar-refractivity contribution in [3.63, 3.8) is 0 Å². The molecule has 0 saturated carbocycles. The summed E-state index contributed by atoms with van der Waals surface area (Å²) in [6.45, 7) is 1.31. The summed E-state index contributed by atoms with van der Waals surface area (Å²) < 4.78 is 12.9. The second-order valence-corrected chi connectivity index (χ2v) is 7.67. The molecule has 0 spiro atoms. The van der Waals surface area contributed by atoms with E-state index in [0.717, 1.165) is 25.6 Å². The summed E-state index contributed by atoms with van der Waals surface area (Å²) in [6.07, 6.45) is -0.111. The highest BCUT2D eigenvalue weighted by molar-refractivity contribution is 9.10. The highest BCUT2D eigenvalue weighted by atomic mass is 79.9. The Bertz CT molecular complexity index is 937. The molecule has 0 radical (unpaired) electrons. The summed E-state index contributed by atoms with van der Waals surface area (Å²) in [5.41, 5.74) is 1.43. The normalized spacial score (nSPS) is 14.4. The first-order valence-electron chi connectivity index (χ1n) is 7.79. The summed E-state index contributed by atoms with van der Waals surface area (Å²) in [5, 5.41) is 0.925. The van der Waals surface area contributed by atoms with Crippen LogP contribution in [0.4, 0.5) is 5.13 Å². The lowest BCUT2D eigenvalue weighted by atomic mass is 10.2. The van der Waals surface area contributed by atoms with Gasteiger partial charge in [-0.2, -0.15) is 0 Å². The summed E-state index contributed by atoms with van der Waals surface area (Å²) >= 11 is 4.98. The van der Waals surface area contributed by atoms with Gasteiger partial charge in [-0.15, -0.1) is 0 Å². The first-order valence-corrected chi connectivity index (χ1v) is 9.40. The molecule has 7 heteroatoms. The number of fused-ring (bicyclic) bond motifs is 1. The minimum absolute atomic E-state index is 0.111. The molecule has 0 unspecified atom stereocenters. The van der Waals surface area contributed by atoms with Gasteiger partial charge in [0.1, 0.15) is 17.4 Å². The van der Waals surface area contributed by atoms with E-state index in [2.05, 4.69) is 25.8 Å². The Morgan fingerprint density at radius 1 is 1.28 bits per heavy atom. The van der Waals surface area contributed by atoms with Gasteiger partial charge in [-0.3, -0.25) is 0 Å². The Morgan fingerprint density at radius 2 is 2.08 bits per heavy atom. The third kappa shape index (κ3) is 3.21. The van der Waals surface area contributed by atoms with E-state index in [0.29, 0.717) is 18.7 Å². The van der Waals surface area contributed by atoms with Crippen LogP contribution in [-0.2, 0) is 4.74 Å². The van der Waals surface area contributed by atoms with Crippen LogP contribution in [0.1, 0.15) is 10.4 Å². The molecule has 0 aliphatic carbocycles. The zero-order valence-corrected chi connectivity index (χ0v) is 15.8. The number of ether oxygens (including phenoxy) is 2. The molecule has 0 amide bonds. The Morgan fingerprint density at radius 3 is 2.84 bits per heavy atom. The van der Waals surface area contributed by atoms with Crippen molar-refractivity contribution in [3.8, 4) is 5.75 Å². The predicted octanol–water partition coefficient (Wildman–Crippen LogP) is 4.11. The lowest BCUT2D eigenvalue weighted by Crippen LogP contribution is -2.53. The molecule has 0 N–H and O–H groups in total. The van der Waals surface area contributed by atoms with Crippen LogP contribution in [0.15, 0.2) is 46.9 Å². The van der Waals surface area contributed by atoms with Crippen molar-refractivity contribution in [3.05, 3.63) is 52.5 Å². The number of para-hydroxylation sites is 1. The van der Waals surface area contributed by atoms with E-state index in [-0.39, 0.29) is 12.1 Å². The summed E-state index contributed by atoms with van der Waals surface area (Å²) in [4.78, 5) is 19.0. The minimum Gasteiger partial charge on any atom is -0.494 e. The number of carbonyl (C=O) groups is 1. The molecule has 2 aromatic carbocycles. The Balaban J connectivity index is 1.41. The van der Waals surface area contributed by atoms with Crippen molar-refractivity contribution in [1.29, 1.82) is 0 Å². The summed E-state index contributed by atoms with van der Waals surface area (Å²) in [7, 11) is 1.65. The number of halogens is 1. The topological polar surface area (TPSA) is 51.7 Å². The molecule has 0 bridgehead atoms. The number of esters is 1.